The minimum Gasteiger partial charge on any atom is -0.493 e. The zero-order chi connectivity index (χ0) is 22.6. The van der Waals surface area contributed by atoms with E-state index in [0.29, 0.717) is 25.7 Å². The highest BCUT2D eigenvalue weighted by Gasteiger charge is 2.25. The molecule has 0 heterocycles. The van der Waals surface area contributed by atoms with Crippen molar-refractivity contribution in [2.24, 2.45) is 10.9 Å². The number of carbonyl (C=O) groups is 1. The van der Waals surface area contributed by atoms with Crippen LogP contribution in [0, 0.1) is 5.92 Å². The van der Waals surface area contributed by atoms with Crippen molar-refractivity contribution in [1.29, 1.82) is 0 Å². The van der Waals surface area contributed by atoms with Crippen LogP contribution in [-0.4, -0.2) is 38.7 Å². The van der Waals surface area contributed by atoms with Crippen LogP contribution in [0.1, 0.15) is 38.2 Å². The molecular formula is C25H35IN4O3. The number of hydrogen-bond donors (Lipinski definition) is 3. The highest BCUT2D eigenvalue weighted by atomic mass is 127. The molecule has 0 unspecified atom stereocenters. The molecule has 3 rings (SSSR count). The van der Waals surface area contributed by atoms with E-state index < -0.39 is 0 Å². The van der Waals surface area contributed by atoms with Crippen molar-refractivity contribution < 1.29 is 14.3 Å². The van der Waals surface area contributed by atoms with E-state index in [9.17, 15) is 4.79 Å². The molecule has 1 aliphatic carbocycles. The van der Waals surface area contributed by atoms with Crippen LogP contribution in [0.15, 0.2) is 53.5 Å². The van der Waals surface area contributed by atoms with E-state index in [1.54, 1.807) is 7.11 Å². The molecule has 0 radical (unpaired) electrons. The topological polar surface area (TPSA) is 84.0 Å². The Bertz CT molecular complexity index is 903. The highest BCUT2D eigenvalue weighted by molar-refractivity contribution is 14.0. The molecule has 180 valence electrons. The molecule has 0 aliphatic heterocycles. The van der Waals surface area contributed by atoms with Crippen LogP contribution in [0.5, 0.6) is 5.75 Å². The van der Waals surface area contributed by atoms with Gasteiger partial charge in [-0.2, -0.15) is 0 Å². The monoisotopic (exact) mass is 566 g/mol. The summed E-state index contributed by atoms with van der Waals surface area (Å²) in [5.41, 5.74) is 2.75. The van der Waals surface area contributed by atoms with Crippen molar-refractivity contribution in [3.63, 3.8) is 0 Å². The van der Waals surface area contributed by atoms with Gasteiger partial charge in [0.05, 0.1) is 13.2 Å². The molecule has 0 atom stereocenters. The van der Waals surface area contributed by atoms with E-state index in [4.69, 9.17) is 14.5 Å². The SMILES string of the molecule is CCNC(=NCc1cccc(NC(=O)C2CCC2)c1)Nc1cccc(OCCCOC)c1.I. The van der Waals surface area contributed by atoms with E-state index in [-0.39, 0.29) is 35.8 Å². The summed E-state index contributed by atoms with van der Waals surface area (Å²) in [5, 5.41) is 9.63. The number of benzene rings is 2. The summed E-state index contributed by atoms with van der Waals surface area (Å²) in [5.74, 6) is 1.78. The van der Waals surface area contributed by atoms with Crippen LogP contribution >= 0.6 is 24.0 Å². The summed E-state index contributed by atoms with van der Waals surface area (Å²) in [4.78, 5) is 16.9. The Labute approximate surface area is 213 Å². The third-order valence-electron chi connectivity index (χ3n) is 5.29. The van der Waals surface area contributed by atoms with E-state index >= 15 is 0 Å². The molecule has 1 amide bonds. The van der Waals surface area contributed by atoms with Gasteiger partial charge in [-0.1, -0.05) is 24.6 Å². The lowest BCUT2D eigenvalue weighted by atomic mass is 9.85. The molecule has 33 heavy (non-hydrogen) atoms. The number of methoxy groups -OCH3 is 1. The van der Waals surface area contributed by atoms with Gasteiger partial charge in [0.2, 0.25) is 5.91 Å². The minimum atomic E-state index is 0. The van der Waals surface area contributed by atoms with Crippen molar-refractivity contribution in [1.82, 2.24) is 5.32 Å². The average Bonchev–Trinajstić information content (AvgIpc) is 2.75. The second-order valence-corrected chi connectivity index (χ2v) is 7.86. The lowest BCUT2D eigenvalue weighted by molar-refractivity contribution is -0.122. The molecule has 8 heteroatoms. The summed E-state index contributed by atoms with van der Waals surface area (Å²) in [7, 11) is 1.69. The maximum Gasteiger partial charge on any atom is 0.227 e. The molecule has 2 aromatic carbocycles. The van der Waals surface area contributed by atoms with E-state index in [0.717, 1.165) is 54.9 Å². The molecule has 2 aromatic rings. The quantitative estimate of drug-likeness (QED) is 0.154. The smallest absolute Gasteiger partial charge is 0.227 e. The first-order valence-electron chi connectivity index (χ1n) is 11.3. The number of anilines is 2. The van der Waals surface area contributed by atoms with Crippen LogP contribution in [-0.2, 0) is 16.1 Å². The molecule has 0 saturated heterocycles. The van der Waals surface area contributed by atoms with Gasteiger partial charge in [-0.05, 0) is 49.6 Å². The van der Waals surface area contributed by atoms with Crippen LogP contribution in [0.25, 0.3) is 0 Å². The number of amides is 1. The predicted molar refractivity (Wildman–Crippen MR) is 145 cm³/mol. The molecule has 3 N–H and O–H groups in total. The first-order chi connectivity index (χ1) is 15.7. The van der Waals surface area contributed by atoms with Gasteiger partial charge in [0.1, 0.15) is 5.75 Å². The van der Waals surface area contributed by atoms with Gasteiger partial charge in [-0.15, -0.1) is 24.0 Å². The van der Waals surface area contributed by atoms with Gasteiger partial charge in [0.25, 0.3) is 0 Å². The third kappa shape index (κ3) is 9.21. The Morgan fingerprint density at radius 2 is 1.82 bits per heavy atom. The van der Waals surface area contributed by atoms with E-state index in [1.807, 2.05) is 55.5 Å². The molecule has 0 spiro atoms. The Morgan fingerprint density at radius 3 is 2.52 bits per heavy atom. The Hall–Kier alpha value is -2.33. The minimum absolute atomic E-state index is 0. The third-order valence-corrected chi connectivity index (χ3v) is 5.29. The Balaban J connectivity index is 0.00000385. The lowest BCUT2D eigenvalue weighted by Gasteiger charge is -2.24. The maximum atomic E-state index is 12.2. The number of carbonyl (C=O) groups excluding carboxylic acids is 1. The molecule has 0 aromatic heterocycles. The van der Waals surface area contributed by atoms with Crippen LogP contribution in [0.2, 0.25) is 0 Å². The van der Waals surface area contributed by atoms with E-state index in [2.05, 4.69) is 16.0 Å². The number of nitrogens with one attached hydrogen (secondary N) is 3. The molecule has 1 fully saturated rings. The van der Waals surface area contributed by atoms with Crippen molar-refractivity contribution in [2.75, 3.05) is 37.5 Å². The normalized spacial score (nSPS) is 13.5. The van der Waals surface area contributed by atoms with Gasteiger partial charge < -0.3 is 25.4 Å². The molecule has 7 nitrogen and oxygen atoms in total. The summed E-state index contributed by atoms with van der Waals surface area (Å²) in [6, 6.07) is 15.7. The predicted octanol–water partition coefficient (Wildman–Crippen LogP) is 5.04. The fraction of sp³-hybridized carbons (Fsp3) is 0.440. The number of aliphatic imine (C=N–C) groups is 1. The fourth-order valence-corrected chi connectivity index (χ4v) is 3.33. The summed E-state index contributed by atoms with van der Waals surface area (Å²) in [6.45, 7) is 4.56. The van der Waals surface area contributed by atoms with Crippen LogP contribution < -0.4 is 20.7 Å². The highest BCUT2D eigenvalue weighted by Crippen LogP contribution is 2.27. The second-order valence-electron chi connectivity index (χ2n) is 7.86. The number of rotatable bonds is 11. The average molecular weight is 566 g/mol. The first kappa shape index (κ1) is 26.9. The molecule has 1 saturated carbocycles. The van der Waals surface area contributed by atoms with Crippen LogP contribution in [0.3, 0.4) is 0 Å². The zero-order valence-electron chi connectivity index (χ0n) is 19.4. The number of nitrogens with zero attached hydrogens (tertiary/aromatic N) is 1. The van der Waals surface area contributed by atoms with Crippen molar-refractivity contribution in [2.45, 2.75) is 39.2 Å². The lowest BCUT2D eigenvalue weighted by Crippen LogP contribution is -2.30. The van der Waals surface area contributed by atoms with Gasteiger partial charge in [0.15, 0.2) is 5.96 Å². The first-order valence-corrected chi connectivity index (χ1v) is 11.3. The largest absolute Gasteiger partial charge is 0.493 e. The van der Waals surface area contributed by atoms with Crippen molar-refractivity contribution >= 4 is 47.2 Å². The number of hydrogen-bond acceptors (Lipinski definition) is 4. The van der Waals surface area contributed by atoms with Crippen molar-refractivity contribution in [3.05, 3.63) is 54.1 Å². The van der Waals surface area contributed by atoms with Crippen molar-refractivity contribution in [3.8, 4) is 5.75 Å². The van der Waals surface area contributed by atoms with Gasteiger partial charge in [-0.3, -0.25) is 4.79 Å². The summed E-state index contributed by atoms with van der Waals surface area (Å²) >= 11 is 0. The maximum absolute atomic E-state index is 12.2. The van der Waals surface area contributed by atoms with Gasteiger partial charge in [0, 0.05) is 50.0 Å². The molecule has 1 aliphatic rings. The number of ether oxygens (including phenoxy) is 2. The van der Waals surface area contributed by atoms with Crippen LogP contribution in [0.4, 0.5) is 11.4 Å². The summed E-state index contributed by atoms with van der Waals surface area (Å²) in [6.07, 6.45) is 3.98. The molecule has 0 bridgehead atoms. The standard InChI is InChI=1S/C25H34N4O3.HI/c1-3-26-25(29-22-12-6-13-23(17-22)32-15-7-14-31-2)27-18-19-8-4-11-21(16-19)28-24(30)20-9-5-10-20;/h4,6,8,11-13,16-17,20H,3,5,7,9-10,14-15,18H2,1-2H3,(H,28,30)(H2,26,27,29);1H. The number of guanidine groups is 1. The van der Waals surface area contributed by atoms with Gasteiger partial charge in [-0.25, -0.2) is 4.99 Å². The van der Waals surface area contributed by atoms with Gasteiger partial charge >= 0.3 is 0 Å². The molecular weight excluding hydrogens is 531 g/mol. The van der Waals surface area contributed by atoms with E-state index in [1.165, 1.54) is 0 Å². The Kier molecular flexibility index (Phi) is 12.0. The Morgan fingerprint density at radius 1 is 1.06 bits per heavy atom. The summed E-state index contributed by atoms with van der Waals surface area (Å²) < 4.78 is 10.8. The second kappa shape index (κ2) is 14.7. The number of halogens is 1. The fourth-order valence-electron chi connectivity index (χ4n) is 3.33. The zero-order valence-corrected chi connectivity index (χ0v) is 21.8.